The molecule has 1 aromatic heterocycles. The molecule has 1 saturated heterocycles. The summed E-state index contributed by atoms with van der Waals surface area (Å²) in [4.78, 5) is 41.0. The Morgan fingerprint density at radius 2 is 1.77 bits per heavy atom. The Kier molecular flexibility index (Phi) is 8.55. The zero-order chi connectivity index (χ0) is 28.3. The van der Waals surface area contributed by atoms with Crippen LogP contribution in [0.5, 0.6) is 5.75 Å². The topological polar surface area (TPSA) is 93.1 Å². The normalized spacial score (nSPS) is 16.8. The molecule has 2 heterocycles. The number of hydrogen-bond donors (Lipinski definition) is 1. The number of anilines is 1. The predicted octanol–water partition coefficient (Wildman–Crippen LogP) is 6.39. The summed E-state index contributed by atoms with van der Waals surface area (Å²) in [7, 11) is 0. The molecule has 1 N–H and O–H groups in total. The fourth-order valence-corrected chi connectivity index (χ4v) is 5.47. The number of aliphatic hydroxyl groups is 1. The van der Waals surface area contributed by atoms with Crippen molar-refractivity contribution in [1.29, 1.82) is 0 Å². The van der Waals surface area contributed by atoms with Crippen molar-refractivity contribution < 1.29 is 29.0 Å². The summed E-state index contributed by atoms with van der Waals surface area (Å²) in [5.74, 6) is -1.21. The average Bonchev–Trinajstić information content (AvgIpc) is 3.51. The summed E-state index contributed by atoms with van der Waals surface area (Å²) in [5.41, 5.74) is 2.59. The number of carbonyl (C=O) groups is 3. The van der Waals surface area contributed by atoms with Gasteiger partial charge in [0.25, 0.3) is 11.7 Å². The molecule has 3 aromatic rings. The molecule has 1 fully saturated rings. The van der Waals surface area contributed by atoms with E-state index in [4.69, 9.17) is 9.47 Å². The molecule has 0 saturated carbocycles. The van der Waals surface area contributed by atoms with Crippen LogP contribution in [0.4, 0.5) is 5.69 Å². The number of aliphatic hydroxyl groups excluding tert-OH is 1. The van der Waals surface area contributed by atoms with Crippen LogP contribution in [-0.4, -0.2) is 35.5 Å². The van der Waals surface area contributed by atoms with E-state index >= 15 is 0 Å². The maximum absolute atomic E-state index is 13.4. The van der Waals surface area contributed by atoms with Crippen LogP contribution in [0.15, 0.2) is 65.6 Å². The van der Waals surface area contributed by atoms with Crippen LogP contribution < -0.4 is 9.64 Å². The summed E-state index contributed by atoms with van der Waals surface area (Å²) in [5, 5.41) is 13.3. The van der Waals surface area contributed by atoms with Gasteiger partial charge in [0.05, 0.1) is 24.7 Å². The average molecular weight is 548 g/mol. The van der Waals surface area contributed by atoms with E-state index in [-0.39, 0.29) is 35.7 Å². The lowest BCUT2D eigenvalue weighted by atomic mass is 9.95. The second kappa shape index (κ2) is 11.9. The lowest BCUT2D eigenvalue weighted by molar-refractivity contribution is -0.146. The molecule has 8 heteroatoms. The van der Waals surface area contributed by atoms with E-state index in [0.29, 0.717) is 17.9 Å². The Balaban J connectivity index is 1.76. The third kappa shape index (κ3) is 5.91. The number of ketones is 1. The van der Waals surface area contributed by atoms with Gasteiger partial charge < -0.3 is 14.6 Å². The van der Waals surface area contributed by atoms with Gasteiger partial charge in [0, 0.05) is 16.1 Å². The zero-order valence-electron chi connectivity index (χ0n) is 22.8. The van der Waals surface area contributed by atoms with E-state index in [9.17, 15) is 19.5 Å². The second-order valence-electron chi connectivity index (χ2n) is 9.91. The van der Waals surface area contributed by atoms with Crippen molar-refractivity contribution in [3.63, 3.8) is 0 Å². The first kappa shape index (κ1) is 28.1. The van der Waals surface area contributed by atoms with Gasteiger partial charge in [0.15, 0.2) is 0 Å². The number of hydrogen-bond acceptors (Lipinski definition) is 7. The maximum Gasteiger partial charge on any atom is 0.310 e. The van der Waals surface area contributed by atoms with Crippen LogP contribution >= 0.6 is 11.3 Å². The summed E-state index contributed by atoms with van der Waals surface area (Å²) < 4.78 is 11.0. The molecule has 0 bridgehead atoms. The van der Waals surface area contributed by atoms with Gasteiger partial charge in [-0.1, -0.05) is 32.0 Å². The molecule has 1 aliphatic rings. The Hall–Kier alpha value is -3.91. The fourth-order valence-electron chi connectivity index (χ4n) is 4.65. The van der Waals surface area contributed by atoms with E-state index < -0.39 is 17.7 Å². The quantitative estimate of drug-likeness (QED) is 0.144. The van der Waals surface area contributed by atoms with Gasteiger partial charge in [-0.05, 0) is 79.6 Å². The van der Waals surface area contributed by atoms with E-state index in [1.54, 1.807) is 50.2 Å². The van der Waals surface area contributed by atoms with Gasteiger partial charge in [0.2, 0.25) is 0 Å². The number of ether oxygens (including phenoxy) is 2. The second-order valence-corrected chi connectivity index (χ2v) is 10.9. The van der Waals surface area contributed by atoms with Crippen LogP contribution in [0, 0.1) is 0 Å². The molecule has 0 radical (unpaired) electrons. The highest BCUT2D eigenvalue weighted by molar-refractivity contribution is 7.10. The minimum Gasteiger partial charge on any atom is -0.507 e. The zero-order valence-corrected chi connectivity index (χ0v) is 23.6. The van der Waals surface area contributed by atoms with Gasteiger partial charge in [-0.3, -0.25) is 19.3 Å². The number of thiophene rings is 1. The standard InChI is InChI=1S/C31H33NO6S/c1-6-37-24-14-11-21(17-23(24)18(2)3)29(34)27-28(25-8-7-15-39-25)32(31(36)30(27)35)22-12-9-20(10-13-22)16-26(33)38-19(4)5/h7-15,17-19,28,34H,6,16H2,1-5H3/b29-27-. The van der Waals surface area contributed by atoms with Gasteiger partial charge in [0.1, 0.15) is 17.6 Å². The van der Waals surface area contributed by atoms with E-state index in [1.807, 2.05) is 44.4 Å². The Labute approximate surface area is 232 Å². The largest absolute Gasteiger partial charge is 0.507 e. The first-order valence-corrected chi connectivity index (χ1v) is 13.9. The van der Waals surface area contributed by atoms with Gasteiger partial charge >= 0.3 is 5.97 Å². The maximum atomic E-state index is 13.4. The number of nitrogens with zero attached hydrogens (tertiary/aromatic N) is 1. The lowest BCUT2D eigenvalue weighted by Crippen LogP contribution is -2.29. The molecule has 1 atom stereocenters. The molecule has 39 heavy (non-hydrogen) atoms. The fraction of sp³-hybridized carbons (Fsp3) is 0.323. The molecule has 1 amide bonds. The van der Waals surface area contributed by atoms with E-state index in [2.05, 4.69) is 0 Å². The van der Waals surface area contributed by atoms with Crippen molar-refractivity contribution in [3.8, 4) is 5.75 Å². The monoisotopic (exact) mass is 547 g/mol. The minimum absolute atomic E-state index is 0.0332. The van der Waals surface area contributed by atoms with Gasteiger partial charge in [-0.2, -0.15) is 0 Å². The smallest absolute Gasteiger partial charge is 0.310 e. The molecule has 204 valence electrons. The highest BCUT2D eigenvalue weighted by Gasteiger charge is 2.47. The van der Waals surface area contributed by atoms with Crippen molar-refractivity contribution in [2.75, 3.05) is 11.5 Å². The number of esters is 1. The third-order valence-electron chi connectivity index (χ3n) is 6.39. The highest BCUT2D eigenvalue weighted by atomic mass is 32.1. The SMILES string of the molecule is CCOc1ccc(/C(O)=C2/C(=O)C(=O)N(c3ccc(CC(=O)OC(C)C)cc3)C2c2cccs2)cc1C(C)C. The van der Waals surface area contributed by atoms with Crippen molar-refractivity contribution in [2.45, 2.75) is 59.1 Å². The number of amides is 1. The Morgan fingerprint density at radius 1 is 1.05 bits per heavy atom. The van der Waals surface area contributed by atoms with Crippen molar-refractivity contribution >= 4 is 40.4 Å². The molecule has 1 unspecified atom stereocenters. The molecular weight excluding hydrogens is 514 g/mol. The molecule has 1 aliphatic heterocycles. The van der Waals surface area contributed by atoms with Gasteiger partial charge in [-0.15, -0.1) is 11.3 Å². The van der Waals surface area contributed by atoms with Crippen LogP contribution in [0.2, 0.25) is 0 Å². The van der Waals surface area contributed by atoms with Crippen molar-refractivity contribution in [1.82, 2.24) is 0 Å². The first-order valence-electron chi connectivity index (χ1n) is 13.0. The number of rotatable bonds is 9. The van der Waals surface area contributed by atoms with Crippen molar-refractivity contribution in [2.24, 2.45) is 0 Å². The molecule has 2 aromatic carbocycles. The molecule has 0 spiro atoms. The van der Waals surface area contributed by atoms with E-state index in [0.717, 1.165) is 21.8 Å². The minimum atomic E-state index is -0.796. The number of benzene rings is 2. The van der Waals surface area contributed by atoms with Crippen LogP contribution in [0.1, 0.15) is 68.1 Å². The Bertz CT molecular complexity index is 1390. The van der Waals surface area contributed by atoms with Crippen LogP contribution in [0.3, 0.4) is 0 Å². The summed E-state index contributed by atoms with van der Waals surface area (Å²) >= 11 is 1.40. The summed E-state index contributed by atoms with van der Waals surface area (Å²) in [6.45, 7) is 10.0. The molecular formula is C31H33NO6S. The van der Waals surface area contributed by atoms with Crippen molar-refractivity contribution in [3.05, 3.63) is 87.1 Å². The highest BCUT2D eigenvalue weighted by Crippen LogP contribution is 2.44. The van der Waals surface area contributed by atoms with Gasteiger partial charge in [-0.25, -0.2) is 0 Å². The number of Topliss-reactive ketones (excluding diaryl/α,β-unsaturated/α-hetero) is 1. The number of carbonyl (C=O) groups excluding carboxylic acids is 3. The van der Waals surface area contributed by atoms with E-state index in [1.165, 1.54) is 16.2 Å². The Morgan fingerprint density at radius 3 is 2.36 bits per heavy atom. The summed E-state index contributed by atoms with van der Waals surface area (Å²) in [6, 6.07) is 15.1. The molecule has 0 aliphatic carbocycles. The summed E-state index contributed by atoms with van der Waals surface area (Å²) in [6.07, 6.45) is -0.108. The predicted molar refractivity (Wildman–Crippen MR) is 152 cm³/mol. The molecule has 4 rings (SSSR count). The van der Waals surface area contributed by atoms with Crippen LogP contribution in [0.25, 0.3) is 5.76 Å². The van der Waals surface area contributed by atoms with Crippen LogP contribution in [-0.2, 0) is 25.5 Å². The lowest BCUT2D eigenvalue weighted by Gasteiger charge is -2.24. The molecule has 7 nitrogen and oxygen atoms in total. The third-order valence-corrected chi connectivity index (χ3v) is 7.32. The first-order chi connectivity index (χ1) is 18.6.